The van der Waals surface area contributed by atoms with Crippen LogP contribution in [-0.4, -0.2) is 13.4 Å². The SMILES string of the molecule is Cc1cccc(NS(=O)(=O)c2ccc(-c3ccc(F)c(F)c3)cc2C)n1. The Balaban J connectivity index is 1.95. The molecule has 1 N–H and O–H groups in total. The zero-order chi connectivity index (χ0) is 18.9. The molecule has 0 saturated carbocycles. The second-order valence-corrected chi connectivity index (χ2v) is 7.53. The molecule has 0 fully saturated rings. The number of anilines is 1. The summed E-state index contributed by atoms with van der Waals surface area (Å²) in [6, 6.07) is 13.2. The molecule has 0 atom stereocenters. The molecule has 0 saturated heterocycles. The Morgan fingerprint density at radius 2 is 1.58 bits per heavy atom. The fraction of sp³-hybridized carbons (Fsp3) is 0.105. The van der Waals surface area contributed by atoms with E-state index in [0.717, 1.165) is 12.1 Å². The van der Waals surface area contributed by atoms with E-state index in [0.29, 0.717) is 22.4 Å². The van der Waals surface area contributed by atoms with Crippen LogP contribution in [0.15, 0.2) is 59.5 Å². The Morgan fingerprint density at radius 1 is 0.885 bits per heavy atom. The minimum absolute atomic E-state index is 0.0899. The summed E-state index contributed by atoms with van der Waals surface area (Å²) < 4.78 is 54.2. The molecule has 0 aliphatic carbocycles. The molecule has 2 aromatic carbocycles. The van der Waals surface area contributed by atoms with Gasteiger partial charge in [-0.2, -0.15) is 0 Å². The summed E-state index contributed by atoms with van der Waals surface area (Å²) in [6.45, 7) is 3.40. The molecule has 1 heterocycles. The zero-order valence-corrected chi connectivity index (χ0v) is 14.9. The van der Waals surface area contributed by atoms with Gasteiger partial charge in [-0.15, -0.1) is 0 Å². The van der Waals surface area contributed by atoms with Crippen LogP contribution in [0.4, 0.5) is 14.6 Å². The summed E-state index contributed by atoms with van der Waals surface area (Å²) in [5.41, 5.74) is 2.22. The summed E-state index contributed by atoms with van der Waals surface area (Å²) in [6.07, 6.45) is 0. The third kappa shape index (κ3) is 3.72. The predicted octanol–water partition coefficient (Wildman–Crippen LogP) is 4.44. The molecule has 0 amide bonds. The van der Waals surface area contributed by atoms with Crippen molar-refractivity contribution in [3.8, 4) is 11.1 Å². The van der Waals surface area contributed by atoms with Crippen molar-refractivity contribution in [2.45, 2.75) is 18.7 Å². The number of sulfonamides is 1. The van der Waals surface area contributed by atoms with Gasteiger partial charge in [-0.1, -0.05) is 24.3 Å². The summed E-state index contributed by atoms with van der Waals surface area (Å²) in [7, 11) is -3.82. The van der Waals surface area contributed by atoms with E-state index >= 15 is 0 Å². The molecule has 1 aromatic heterocycles. The molecule has 4 nitrogen and oxygen atoms in total. The topological polar surface area (TPSA) is 59.1 Å². The smallest absolute Gasteiger partial charge is 0.263 e. The number of halogens is 2. The van der Waals surface area contributed by atoms with E-state index in [1.54, 1.807) is 44.2 Å². The number of hydrogen-bond acceptors (Lipinski definition) is 3. The molecule has 26 heavy (non-hydrogen) atoms. The van der Waals surface area contributed by atoms with Gasteiger partial charge < -0.3 is 0 Å². The number of aryl methyl sites for hydroxylation is 2. The maximum Gasteiger partial charge on any atom is 0.263 e. The first-order chi connectivity index (χ1) is 12.3. The highest BCUT2D eigenvalue weighted by molar-refractivity contribution is 7.92. The first kappa shape index (κ1) is 18.0. The van der Waals surface area contributed by atoms with Crippen molar-refractivity contribution < 1.29 is 17.2 Å². The Labute approximate surface area is 150 Å². The van der Waals surface area contributed by atoms with Gasteiger partial charge in [-0.25, -0.2) is 22.2 Å². The van der Waals surface area contributed by atoms with Gasteiger partial charge in [-0.3, -0.25) is 4.72 Å². The third-order valence-corrected chi connectivity index (χ3v) is 5.36. The second-order valence-electron chi connectivity index (χ2n) is 5.88. The highest BCUT2D eigenvalue weighted by Gasteiger charge is 2.18. The van der Waals surface area contributed by atoms with Crippen molar-refractivity contribution in [2.75, 3.05) is 4.72 Å². The number of hydrogen-bond donors (Lipinski definition) is 1. The molecule has 7 heteroatoms. The Hall–Kier alpha value is -2.80. The molecule has 3 aromatic rings. The standard InChI is InChI=1S/C19H16F2N2O2S/c1-12-10-14(15-6-8-16(20)17(21)11-15)7-9-18(12)26(24,25)23-19-5-3-4-13(2)22-19/h3-11H,1-2H3,(H,22,23). The van der Waals surface area contributed by atoms with E-state index in [4.69, 9.17) is 0 Å². The lowest BCUT2D eigenvalue weighted by molar-refractivity contribution is 0.509. The first-order valence-electron chi connectivity index (χ1n) is 7.79. The lowest BCUT2D eigenvalue weighted by atomic mass is 10.0. The highest BCUT2D eigenvalue weighted by atomic mass is 32.2. The number of nitrogens with one attached hydrogen (secondary N) is 1. The van der Waals surface area contributed by atoms with Crippen LogP contribution in [0.2, 0.25) is 0 Å². The fourth-order valence-corrected chi connectivity index (χ4v) is 3.83. The fourth-order valence-electron chi connectivity index (χ4n) is 2.60. The van der Waals surface area contributed by atoms with Crippen molar-refractivity contribution >= 4 is 15.8 Å². The van der Waals surface area contributed by atoms with Crippen LogP contribution in [0, 0.1) is 25.5 Å². The minimum atomic E-state index is -3.82. The molecule has 134 valence electrons. The second kappa shape index (κ2) is 6.84. The molecule has 3 rings (SSSR count). The minimum Gasteiger partial charge on any atom is -0.263 e. The molecule has 0 aliphatic rings. The van der Waals surface area contributed by atoms with Gasteiger partial charge >= 0.3 is 0 Å². The van der Waals surface area contributed by atoms with Crippen LogP contribution in [0.5, 0.6) is 0 Å². The lowest BCUT2D eigenvalue weighted by Crippen LogP contribution is -2.15. The van der Waals surface area contributed by atoms with Crippen LogP contribution in [0.1, 0.15) is 11.3 Å². The highest BCUT2D eigenvalue weighted by Crippen LogP contribution is 2.26. The maximum atomic E-state index is 13.4. The van der Waals surface area contributed by atoms with E-state index in [-0.39, 0.29) is 10.7 Å². The Kier molecular flexibility index (Phi) is 4.73. The van der Waals surface area contributed by atoms with Gasteiger partial charge in [0.2, 0.25) is 0 Å². The van der Waals surface area contributed by atoms with Crippen molar-refractivity contribution in [1.82, 2.24) is 4.98 Å². The molecule has 0 unspecified atom stereocenters. The summed E-state index contributed by atoms with van der Waals surface area (Å²) in [5, 5.41) is 0. The predicted molar refractivity (Wildman–Crippen MR) is 96.3 cm³/mol. The Bertz CT molecular complexity index is 1080. The van der Waals surface area contributed by atoms with Crippen LogP contribution < -0.4 is 4.72 Å². The average Bonchev–Trinajstić information content (AvgIpc) is 2.56. The molecular weight excluding hydrogens is 358 g/mol. The summed E-state index contributed by atoms with van der Waals surface area (Å²) >= 11 is 0. The number of rotatable bonds is 4. The lowest BCUT2D eigenvalue weighted by Gasteiger charge is -2.12. The average molecular weight is 374 g/mol. The van der Waals surface area contributed by atoms with E-state index < -0.39 is 21.7 Å². The maximum absolute atomic E-state index is 13.4. The van der Waals surface area contributed by atoms with Crippen molar-refractivity contribution in [3.05, 3.63) is 77.5 Å². The van der Waals surface area contributed by atoms with Crippen molar-refractivity contribution in [3.63, 3.8) is 0 Å². The van der Waals surface area contributed by atoms with E-state index in [1.807, 2.05) is 0 Å². The number of pyridine rings is 1. The van der Waals surface area contributed by atoms with Gasteiger partial charge in [-0.05, 0) is 60.9 Å². The van der Waals surface area contributed by atoms with Crippen molar-refractivity contribution in [1.29, 1.82) is 0 Å². The van der Waals surface area contributed by atoms with Gasteiger partial charge in [0.1, 0.15) is 5.82 Å². The van der Waals surface area contributed by atoms with Crippen LogP contribution in [0.25, 0.3) is 11.1 Å². The first-order valence-corrected chi connectivity index (χ1v) is 9.27. The summed E-state index contributed by atoms with van der Waals surface area (Å²) in [4.78, 5) is 4.22. The molecular formula is C19H16F2N2O2S. The van der Waals surface area contributed by atoms with E-state index in [9.17, 15) is 17.2 Å². The van der Waals surface area contributed by atoms with Crippen LogP contribution >= 0.6 is 0 Å². The number of aromatic nitrogens is 1. The van der Waals surface area contributed by atoms with Gasteiger partial charge in [0.15, 0.2) is 11.6 Å². The zero-order valence-electron chi connectivity index (χ0n) is 14.1. The van der Waals surface area contributed by atoms with Gasteiger partial charge in [0.05, 0.1) is 4.90 Å². The normalized spacial score (nSPS) is 11.4. The molecule has 0 aliphatic heterocycles. The van der Waals surface area contributed by atoms with E-state index in [1.165, 1.54) is 12.1 Å². The number of benzene rings is 2. The monoisotopic (exact) mass is 374 g/mol. The Morgan fingerprint density at radius 3 is 2.23 bits per heavy atom. The third-order valence-electron chi connectivity index (χ3n) is 3.84. The van der Waals surface area contributed by atoms with Crippen LogP contribution in [0.3, 0.4) is 0 Å². The van der Waals surface area contributed by atoms with Crippen LogP contribution in [-0.2, 0) is 10.0 Å². The largest absolute Gasteiger partial charge is 0.263 e. The molecule has 0 spiro atoms. The summed E-state index contributed by atoms with van der Waals surface area (Å²) in [5.74, 6) is -1.65. The number of nitrogens with zero attached hydrogens (tertiary/aromatic N) is 1. The van der Waals surface area contributed by atoms with E-state index in [2.05, 4.69) is 9.71 Å². The van der Waals surface area contributed by atoms with Gasteiger partial charge in [0, 0.05) is 5.69 Å². The molecule has 0 radical (unpaired) electrons. The quantitative estimate of drug-likeness (QED) is 0.734. The van der Waals surface area contributed by atoms with Crippen molar-refractivity contribution in [2.24, 2.45) is 0 Å². The van der Waals surface area contributed by atoms with Gasteiger partial charge in [0.25, 0.3) is 10.0 Å². The molecule has 0 bridgehead atoms.